The molecule has 0 aromatic carbocycles. The average molecular weight is 378 g/mol. The van der Waals surface area contributed by atoms with Crippen LogP contribution < -0.4 is 10.6 Å². The number of fused-ring (bicyclic) bond motifs is 1. The van der Waals surface area contributed by atoms with E-state index in [1.807, 2.05) is 6.92 Å². The minimum atomic E-state index is -0.519. The van der Waals surface area contributed by atoms with Crippen molar-refractivity contribution in [2.45, 2.75) is 32.4 Å². The summed E-state index contributed by atoms with van der Waals surface area (Å²) in [5, 5.41) is 9.75. The fourth-order valence-corrected chi connectivity index (χ4v) is 4.96. The third kappa shape index (κ3) is 4.11. The van der Waals surface area contributed by atoms with Gasteiger partial charge in [-0.1, -0.05) is 6.07 Å². The topological polar surface area (TPSA) is 61.4 Å². The molecule has 2 amide bonds. The molecule has 1 aliphatic rings. The van der Waals surface area contributed by atoms with Crippen molar-refractivity contribution in [3.8, 4) is 0 Å². The zero-order valence-corrected chi connectivity index (χ0v) is 16.1. The van der Waals surface area contributed by atoms with Gasteiger partial charge in [0.1, 0.15) is 6.04 Å². The Labute approximate surface area is 156 Å². The van der Waals surface area contributed by atoms with Crippen LogP contribution in [0.1, 0.15) is 35.2 Å². The maximum absolute atomic E-state index is 12.5. The first-order chi connectivity index (χ1) is 12.1. The predicted molar refractivity (Wildman–Crippen MR) is 102 cm³/mol. The smallest absolute Gasteiger partial charge is 0.242 e. The maximum atomic E-state index is 12.5. The lowest BCUT2D eigenvalue weighted by molar-refractivity contribution is -0.129. The van der Waals surface area contributed by atoms with Gasteiger partial charge in [-0.05, 0) is 48.7 Å². The molecular formula is C18H23N3O2S2. The highest BCUT2D eigenvalue weighted by molar-refractivity contribution is 7.10. The summed E-state index contributed by atoms with van der Waals surface area (Å²) < 4.78 is 0. The van der Waals surface area contributed by atoms with Gasteiger partial charge in [-0.3, -0.25) is 14.5 Å². The Balaban J connectivity index is 1.71. The number of amides is 2. The van der Waals surface area contributed by atoms with Crippen LogP contribution in [0.5, 0.6) is 0 Å². The van der Waals surface area contributed by atoms with Crippen LogP contribution in [-0.2, 0) is 16.0 Å². The van der Waals surface area contributed by atoms with E-state index in [1.165, 1.54) is 15.3 Å². The molecule has 2 atom stereocenters. The molecular weight excluding hydrogens is 354 g/mol. The van der Waals surface area contributed by atoms with Gasteiger partial charge in [0.25, 0.3) is 0 Å². The summed E-state index contributed by atoms with van der Waals surface area (Å²) in [6.07, 6.45) is 0.966. The van der Waals surface area contributed by atoms with Gasteiger partial charge in [0.2, 0.25) is 11.8 Å². The predicted octanol–water partition coefficient (Wildman–Crippen LogP) is 2.40. The number of rotatable bonds is 6. The van der Waals surface area contributed by atoms with Crippen molar-refractivity contribution in [3.63, 3.8) is 0 Å². The van der Waals surface area contributed by atoms with Crippen molar-refractivity contribution < 1.29 is 9.59 Å². The van der Waals surface area contributed by atoms with Gasteiger partial charge in [-0.15, -0.1) is 22.7 Å². The monoisotopic (exact) mass is 377 g/mol. The van der Waals surface area contributed by atoms with Crippen LogP contribution in [0.3, 0.4) is 0 Å². The van der Waals surface area contributed by atoms with E-state index in [4.69, 9.17) is 0 Å². The molecule has 2 aromatic heterocycles. The SMILES string of the molecule is CCNC(=O)[C@H](C)NC(=O)CN1CCc2sccc2[C@@H]1c1cccs1. The van der Waals surface area contributed by atoms with E-state index in [-0.39, 0.29) is 17.9 Å². The first-order valence-electron chi connectivity index (χ1n) is 8.51. The Bertz CT molecular complexity index is 727. The molecule has 1 aliphatic heterocycles. The van der Waals surface area contributed by atoms with Crippen molar-refractivity contribution in [2.24, 2.45) is 0 Å². The molecule has 2 aromatic rings. The number of nitrogens with zero attached hydrogens (tertiary/aromatic N) is 1. The van der Waals surface area contributed by atoms with Crippen LogP contribution in [0.2, 0.25) is 0 Å². The molecule has 0 unspecified atom stereocenters. The molecule has 0 bridgehead atoms. The van der Waals surface area contributed by atoms with Crippen LogP contribution in [0.25, 0.3) is 0 Å². The van der Waals surface area contributed by atoms with E-state index >= 15 is 0 Å². The molecule has 0 saturated heterocycles. The molecule has 0 saturated carbocycles. The van der Waals surface area contributed by atoms with Crippen molar-refractivity contribution in [2.75, 3.05) is 19.6 Å². The number of hydrogen-bond donors (Lipinski definition) is 2. The number of likely N-dealkylation sites (N-methyl/N-ethyl adjacent to an activating group) is 1. The van der Waals surface area contributed by atoms with Crippen LogP contribution in [0.15, 0.2) is 29.0 Å². The molecule has 7 heteroatoms. The molecule has 5 nitrogen and oxygen atoms in total. The zero-order valence-electron chi connectivity index (χ0n) is 14.5. The lowest BCUT2D eigenvalue weighted by atomic mass is 9.98. The van der Waals surface area contributed by atoms with Gasteiger partial charge >= 0.3 is 0 Å². The number of carbonyl (C=O) groups excluding carboxylic acids is 2. The fraction of sp³-hybridized carbons (Fsp3) is 0.444. The largest absolute Gasteiger partial charge is 0.355 e. The number of thiophene rings is 2. The number of nitrogens with one attached hydrogen (secondary N) is 2. The van der Waals surface area contributed by atoms with E-state index in [0.717, 1.165) is 13.0 Å². The molecule has 0 fully saturated rings. The second-order valence-electron chi connectivity index (χ2n) is 6.12. The van der Waals surface area contributed by atoms with Crippen LogP contribution in [0.4, 0.5) is 0 Å². The molecule has 3 rings (SSSR count). The van der Waals surface area contributed by atoms with Crippen molar-refractivity contribution in [1.82, 2.24) is 15.5 Å². The summed E-state index contributed by atoms with van der Waals surface area (Å²) in [4.78, 5) is 29.2. The van der Waals surface area contributed by atoms with Crippen molar-refractivity contribution >= 4 is 34.5 Å². The first kappa shape index (κ1) is 18.1. The normalized spacial score (nSPS) is 18.4. The lowest BCUT2D eigenvalue weighted by Crippen LogP contribution is -2.49. The van der Waals surface area contributed by atoms with E-state index < -0.39 is 6.04 Å². The lowest BCUT2D eigenvalue weighted by Gasteiger charge is -2.35. The van der Waals surface area contributed by atoms with E-state index in [1.54, 1.807) is 29.6 Å². The molecule has 134 valence electrons. The van der Waals surface area contributed by atoms with Gasteiger partial charge in [0.15, 0.2) is 0 Å². The number of hydrogen-bond acceptors (Lipinski definition) is 5. The second-order valence-corrected chi connectivity index (χ2v) is 8.10. The highest BCUT2D eigenvalue weighted by Crippen LogP contribution is 2.39. The third-order valence-corrected chi connectivity index (χ3v) is 6.27. The average Bonchev–Trinajstić information content (AvgIpc) is 3.26. The molecule has 2 N–H and O–H groups in total. The summed E-state index contributed by atoms with van der Waals surface area (Å²) in [5.41, 5.74) is 1.31. The van der Waals surface area contributed by atoms with Gasteiger partial charge < -0.3 is 10.6 Å². The minimum Gasteiger partial charge on any atom is -0.355 e. The summed E-state index contributed by atoms with van der Waals surface area (Å²) >= 11 is 3.51. The highest BCUT2D eigenvalue weighted by Gasteiger charge is 2.31. The van der Waals surface area contributed by atoms with E-state index in [9.17, 15) is 9.59 Å². The van der Waals surface area contributed by atoms with Crippen LogP contribution >= 0.6 is 22.7 Å². The molecule has 0 spiro atoms. The first-order valence-corrected chi connectivity index (χ1v) is 10.3. The summed E-state index contributed by atoms with van der Waals surface area (Å²) in [6.45, 7) is 5.28. The van der Waals surface area contributed by atoms with Gasteiger partial charge in [-0.2, -0.15) is 0 Å². The minimum absolute atomic E-state index is 0.112. The summed E-state index contributed by atoms with van der Waals surface area (Å²) in [7, 11) is 0. The quantitative estimate of drug-likeness (QED) is 0.813. The van der Waals surface area contributed by atoms with Crippen LogP contribution in [-0.4, -0.2) is 42.4 Å². The maximum Gasteiger partial charge on any atom is 0.242 e. The Morgan fingerprint density at radius 1 is 1.32 bits per heavy atom. The van der Waals surface area contributed by atoms with Crippen molar-refractivity contribution in [1.29, 1.82) is 0 Å². The zero-order chi connectivity index (χ0) is 17.8. The van der Waals surface area contributed by atoms with Gasteiger partial charge in [0.05, 0.1) is 12.6 Å². The van der Waals surface area contributed by atoms with E-state index in [0.29, 0.717) is 13.1 Å². The molecule has 25 heavy (non-hydrogen) atoms. The van der Waals surface area contributed by atoms with Crippen LogP contribution in [0, 0.1) is 0 Å². The highest BCUT2D eigenvalue weighted by atomic mass is 32.1. The Morgan fingerprint density at radius 3 is 2.88 bits per heavy atom. The summed E-state index contributed by atoms with van der Waals surface area (Å²) in [5.74, 6) is -0.261. The van der Waals surface area contributed by atoms with Crippen molar-refractivity contribution in [3.05, 3.63) is 44.3 Å². The number of carbonyl (C=O) groups is 2. The van der Waals surface area contributed by atoms with Gasteiger partial charge in [-0.25, -0.2) is 0 Å². The molecule has 0 radical (unpaired) electrons. The standard InChI is InChI=1S/C18H23N3O2S2/c1-3-19-18(23)12(2)20-16(22)11-21-8-6-14-13(7-10-25-14)17(21)15-5-4-9-24-15/h4-5,7,9-10,12,17H,3,6,8,11H2,1-2H3,(H,19,23)(H,20,22)/t12-,17+/m0/s1. The Morgan fingerprint density at radius 2 is 2.16 bits per heavy atom. The van der Waals surface area contributed by atoms with Gasteiger partial charge in [0, 0.05) is 22.8 Å². The Hall–Kier alpha value is -1.70. The van der Waals surface area contributed by atoms with E-state index in [2.05, 4.69) is 44.5 Å². The molecule has 3 heterocycles. The third-order valence-electron chi connectivity index (χ3n) is 4.35. The second kappa shape index (κ2) is 8.12. The fourth-order valence-electron chi connectivity index (χ4n) is 3.18. The Kier molecular flexibility index (Phi) is 5.88. The summed E-state index contributed by atoms with van der Waals surface area (Å²) in [6, 6.07) is 5.96. The molecule has 0 aliphatic carbocycles.